The number of imidazole rings is 1. The van der Waals surface area contributed by atoms with Crippen molar-refractivity contribution in [2.75, 3.05) is 38.9 Å². The Morgan fingerprint density at radius 3 is 2.55 bits per heavy atom. The molecule has 3 rings (SSSR count). The number of aromatic nitrogens is 4. The molecule has 0 amide bonds. The molecular formula is C19H22ClN5O5S. The van der Waals surface area contributed by atoms with Crippen molar-refractivity contribution in [2.45, 2.75) is 18.2 Å². The Labute approximate surface area is 186 Å². The summed E-state index contributed by atoms with van der Waals surface area (Å²) in [7, 11) is 3.07. The minimum absolute atomic E-state index is 0.0974. The van der Waals surface area contributed by atoms with Crippen molar-refractivity contribution in [3.63, 3.8) is 0 Å². The summed E-state index contributed by atoms with van der Waals surface area (Å²) in [6.45, 7) is 1.28. The molecule has 0 saturated heterocycles. The van der Waals surface area contributed by atoms with Gasteiger partial charge in [0, 0.05) is 25.8 Å². The number of fused-ring (bicyclic) bond motifs is 1. The van der Waals surface area contributed by atoms with Crippen LogP contribution in [0, 0.1) is 0 Å². The Kier molecular flexibility index (Phi) is 7.55. The van der Waals surface area contributed by atoms with E-state index in [0.29, 0.717) is 28.8 Å². The zero-order valence-electron chi connectivity index (χ0n) is 17.0. The molecule has 0 bridgehead atoms. The first-order valence-corrected chi connectivity index (χ1v) is 10.7. The second-order valence-corrected chi connectivity index (χ2v) is 7.93. The fourth-order valence-corrected chi connectivity index (χ4v) is 4.13. The third kappa shape index (κ3) is 5.01. The van der Waals surface area contributed by atoms with Crippen LogP contribution in [0.25, 0.3) is 11.0 Å². The van der Waals surface area contributed by atoms with E-state index in [0.717, 1.165) is 21.8 Å². The van der Waals surface area contributed by atoms with Gasteiger partial charge in [-0.3, -0.25) is 19.1 Å². The lowest BCUT2D eigenvalue weighted by Crippen LogP contribution is -2.37. The molecule has 12 heteroatoms. The van der Waals surface area contributed by atoms with E-state index in [1.807, 2.05) is 10.6 Å². The zero-order valence-corrected chi connectivity index (χ0v) is 18.6. The summed E-state index contributed by atoms with van der Waals surface area (Å²) < 4.78 is 13.1. The topological polar surface area (TPSA) is 134 Å². The van der Waals surface area contributed by atoms with Gasteiger partial charge in [-0.1, -0.05) is 23.4 Å². The smallest absolute Gasteiger partial charge is 0.330 e. The van der Waals surface area contributed by atoms with Crippen molar-refractivity contribution in [3.05, 3.63) is 49.6 Å². The van der Waals surface area contributed by atoms with E-state index in [-0.39, 0.29) is 30.3 Å². The molecule has 2 aromatic heterocycles. The van der Waals surface area contributed by atoms with Crippen molar-refractivity contribution in [2.24, 2.45) is 0 Å². The molecule has 0 aliphatic heterocycles. The molecule has 10 nitrogen and oxygen atoms in total. The Hall–Kier alpha value is -2.60. The largest absolute Gasteiger partial charge is 0.384 e. The molecule has 0 saturated carbocycles. The number of nitrogens with one attached hydrogen (secondary N) is 1. The Balaban J connectivity index is 1.89. The maximum Gasteiger partial charge on any atom is 0.330 e. The number of methoxy groups -OCH3 is 2. The number of nitrogens with two attached hydrogens (primary N) is 1. The van der Waals surface area contributed by atoms with Crippen LogP contribution in [0.15, 0.2) is 32.9 Å². The molecule has 166 valence electrons. The molecule has 0 aliphatic rings. The van der Waals surface area contributed by atoms with E-state index >= 15 is 0 Å². The first-order chi connectivity index (χ1) is 14.9. The van der Waals surface area contributed by atoms with E-state index in [4.69, 9.17) is 26.8 Å². The van der Waals surface area contributed by atoms with Gasteiger partial charge in [0.15, 0.2) is 10.9 Å². The molecule has 0 aliphatic carbocycles. The molecule has 0 spiro atoms. The number of carbonyl (C=O) groups excluding carboxylic acids is 1. The van der Waals surface area contributed by atoms with Crippen LogP contribution in [0.4, 0.5) is 5.82 Å². The molecule has 0 unspecified atom stereocenters. The van der Waals surface area contributed by atoms with Crippen LogP contribution in [0.2, 0.25) is 5.02 Å². The van der Waals surface area contributed by atoms with Crippen LogP contribution >= 0.6 is 23.4 Å². The fraction of sp³-hybridized carbons (Fsp3) is 0.368. The number of ketones is 1. The first kappa shape index (κ1) is 23.1. The monoisotopic (exact) mass is 467 g/mol. The summed E-state index contributed by atoms with van der Waals surface area (Å²) >= 11 is 7.23. The number of carbonyl (C=O) groups is 1. The summed E-state index contributed by atoms with van der Waals surface area (Å²) in [5.41, 5.74) is 5.74. The minimum Gasteiger partial charge on any atom is -0.384 e. The summed E-state index contributed by atoms with van der Waals surface area (Å²) in [5, 5.41) is 1.12. The maximum atomic E-state index is 12.8. The normalized spacial score (nSPS) is 11.3. The van der Waals surface area contributed by atoms with Gasteiger partial charge in [0.25, 0.3) is 5.56 Å². The fourth-order valence-electron chi connectivity index (χ4n) is 3.05. The number of benzene rings is 1. The second-order valence-electron chi connectivity index (χ2n) is 6.55. The van der Waals surface area contributed by atoms with Crippen molar-refractivity contribution in [1.82, 2.24) is 19.1 Å². The molecular weight excluding hydrogens is 446 g/mol. The van der Waals surface area contributed by atoms with Gasteiger partial charge in [-0.05, 0) is 18.2 Å². The van der Waals surface area contributed by atoms with Gasteiger partial charge in [-0.25, -0.2) is 9.78 Å². The Morgan fingerprint density at radius 2 is 1.87 bits per heavy atom. The van der Waals surface area contributed by atoms with E-state index in [2.05, 4.69) is 9.97 Å². The van der Waals surface area contributed by atoms with Crippen LogP contribution in [0.5, 0.6) is 0 Å². The van der Waals surface area contributed by atoms with Gasteiger partial charge in [0.1, 0.15) is 11.4 Å². The van der Waals surface area contributed by atoms with Gasteiger partial charge in [-0.2, -0.15) is 0 Å². The van der Waals surface area contributed by atoms with Crippen LogP contribution in [-0.2, 0) is 22.6 Å². The highest BCUT2D eigenvalue weighted by molar-refractivity contribution is 7.99. The molecule has 2 heterocycles. The third-order valence-corrected chi connectivity index (χ3v) is 5.78. The summed E-state index contributed by atoms with van der Waals surface area (Å²) in [6, 6.07) is 5.35. The average molecular weight is 468 g/mol. The first-order valence-electron chi connectivity index (χ1n) is 9.29. The number of rotatable bonds is 10. The predicted octanol–water partition coefficient (Wildman–Crippen LogP) is 1.39. The van der Waals surface area contributed by atoms with Crippen LogP contribution in [0.3, 0.4) is 0 Å². The van der Waals surface area contributed by atoms with Gasteiger partial charge in [0.05, 0.1) is 36.5 Å². The second kappa shape index (κ2) is 10.1. The SMILES string of the molecule is COCCn1c(N)c(C(=O)CSc2nc3cc(Cl)ccc3n2CCOC)c(=O)[nH]c1=O. The molecule has 3 N–H and O–H groups in total. The predicted molar refractivity (Wildman–Crippen MR) is 119 cm³/mol. The highest BCUT2D eigenvalue weighted by Crippen LogP contribution is 2.27. The van der Waals surface area contributed by atoms with Crippen LogP contribution in [0.1, 0.15) is 10.4 Å². The number of H-pyrrole nitrogens is 1. The van der Waals surface area contributed by atoms with Gasteiger partial charge < -0.3 is 19.8 Å². The lowest BCUT2D eigenvalue weighted by molar-refractivity contribution is 0.102. The Morgan fingerprint density at radius 1 is 1.19 bits per heavy atom. The van der Waals surface area contributed by atoms with E-state index < -0.39 is 17.0 Å². The molecule has 1 aromatic carbocycles. The van der Waals surface area contributed by atoms with Crippen LogP contribution in [-0.4, -0.2) is 58.1 Å². The summed E-state index contributed by atoms with van der Waals surface area (Å²) in [6.07, 6.45) is 0. The van der Waals surface area contributed by atoms with E-state index in [9.17, 15) is 14.4 Å². The average Bonchev–Trinajstić information content (AvgIpc) is 3.06. The number of hydrogen-bond donors (Lipinski definition) is 2. The third-order valence-electron chi connectivity index (χ3n) is 4.56. The lowest BCUT2D eigenvalue weighted by atomic mass is 10.2. The summed E-state index contributed by atoms with van der Waals surface area (Å²) in [4.78, 5) is 43.8. The standard InChI is InChI=1S/C19H22ClN5O5S/c1-29-7-5-24-13-4-3-11(20)9-12(13)22-19(24)31-10-14(26)15-16(21)25(6-8-30-2)18(28)23-17(15)27/h3-4,9H,5-8,10,21H2,1-2H3,(H,23,27,28). The maximum absolute atomic E-state index is 12.8. The highest BCUT2D eigenvalue weighted by atomic mass is 35.5. The van der Waals surface area contributed by atoms with Crippen molar-refractivity contribution in [3.8, 4) is 0 Å². The quantitative estimate of drug-likeness (QED) is 0.337. The number of anilines is 1. The molecule has 0 atom stereocenters. The van der Waals surface area contributed by atoms with E-state index in [1.54, 1.807) is 19.2 Å². The van der Waals surface area contributed by atoms with E-state index in [1.165, 1.54) is 7.11 Å². The number of halogens is 1. The number of hydrogen-bond acceptors (Lipinski definition) is 8. The number of nitrogens with zero attached hydrogens (tertiary/aromatic N) is 3. The number of Topliss-reactive ketones (excluding diaryl/α,β-unsaturated/α-hetero) is 1. The lowest BCUT2D eigenvalue weighted by Gasteiger charge is -2.12. The van der Waals surface area contributed by atoms with Crippen molar-refractivity contribution < 1.29 is 14.3 Å². The Bertz CT molecular complexity index is 1220. The van der Waals surface area contributed by atoms with Gasteiger partial charge in [0.2, 0.25) is 0 Å². The molecule has 3 aromatic rings. The summed E-state index contributed by atoms with van der Waals surface area (Å²) in [5.74, 6) is -0.797. The van der Waals surface area contributed by atoms with Crippen molar-refractivity contribution >= 4 is 46.0 Å². The number of ether oxygens (including phenoxy) is 2. The number of nitrogen functional groups attached to an aromatic ring is 1. The molecule has 0 radical (unpaired) electrons. The highest BCUT2D eigenvalue weighted by Gasteiger charge is 2.21. The zero-order chi connectivity index (χ0) is 22.5. The van der Waals surface area contributed by atoms with Gasteiger partial charge in [-0.15, -0.1) is 0 Å². The van der Waals surface area contributed by atoms with Crippen LogP contribution < -0.4 is 17.0 Å². The van der Waals surface area contributed by atoms with Crippen molar-refractivity contribution in [1.29, 1.82) is 0 Å². The minimum atomic E-state index is -0.818. The molecule has 0 fully saturated rings. The molecule has 31 heavy (non-hydrogen) atoms. The van der Waals surface area contributed by atoms with Gasteiger partial charge >= 0.3 is 5.69 Å². The number of aromatic amines is 1. The number of thioether (sulfide) groups is 1.